The van der Waals surface area contributed by atoms with Crippen LogP contribution in [0.2, 0.25) is 0 Å². The van der Waals surface area contributed by atoms with Gasteiger partial charge in [0.1, 0.15) is 0 Å². The summed E-state index contributed by atoms with van der Waals surface area (Å²) < 4.78 is 3.22. The van der Waals surface area contributed by atoms with Crippen LogP contribution in [-0.2, 0) is 5.75 Å². The third kappa shape index (κ3) is 0.793. The molecule has 1 nitrogen and oxygen atoms in total. The second-order valence-corrected chi connectivity index (χ2v) is 2.83. The molecule has 0 atom stereocenters. The highest BCUT2D eigenvalue weighted by molar-refractivity contribution is 8.00. The van der Waals surface area contributed by atoms with Gasteiger partial charge < -0.3 is 4.72 Å². The zero-order valence-corrected chi connectivity index (χ0v) is 5.74. The zero-order valence-electron chi connectivity index (χ0n) is 4.92. The standard InChI is InChI=1S/C7H7NS/c1-2-4-7-6(3-1)5-9-8-7/h1-4,8H,5H2. The van der Waals surface area contributed by atoms with E-state index >= 15 is 0 Å². The largest absolute Gasteiger partial charge is 0.329 e. The van der Waals surface area contributed by atoms with Crippen molar-refractivity contribution in [3.05, 3.63) is 29.8 Å². The summed E-state index contributed by atoms with van der Waals surface area (Å²) in [6.45, 7) is 0. The van der Waals surface area contributed by atoms with Crippen molar-refractivity contribution in [1.82, 2.24) is 0 Å². The van der Waals surface area contributed by atoms with Crippen LogP contribution in [-0.4, -0.2) is 0 Å². The minimum absolute atomic E-state index is 1.11. The topological polar surface area (TPSA) is 12.0 Å². The van der Waals surface area contributed by atoms with Gasteiger partial charge in [0.25, 0.3) is 0 Å². The van der Waals surface area contributed by atoms with E-state index in [2.05, 4.69) is 29.0 Å². The monoisotopic (exact) mass is 137 g/mol. The average molecular weight is 137 g/mol. The Labute approximate surface area is 58.6 Å². The van der Waals surface area contributed by atoms with Gasteiger partial charge in [-0.1, -0.05) is 18.2 Å². The summed E-state index contributed by atoms with van der Waals surface area (Å²) in [5, 5.41) is 0. The van der Waals surface area contributed by atoms with Crippen LogP contribution in [0.3, 0.4) is 0 Å². The maximum Gasteiger partial charge on any atom is 0.0481 e. The summed E-state index contributed by atoms with van der Waals surface area (Å²) in [5.41, 5.74) is 2.70. The molecule has 0 unspecified atom stereocenters. The Morgan fingerprint density at radius 3 is 3.11 bits per heavy atom. The molecule has 0 aromatic heterocycles. The molecule has 2 rings (SSSR count). The van der Waals surface area contributed by atoms with Gasteiger partial charge >= 0.3 is 0 Å². The second-order valence-electron chi connectivity index (χ2n) is 2.05. The summed E-state index contributed by atoms with van der Waals surface area (Å²) >= 11 is 1.75. The number of anilines is 1. The maximum atomic E-state index is 3.22. The highest BCUT2D eigenvalue weighted by Crippen LogP contribution is 2.29. The normalized spacial score (nSPS) is 14.7. The third-order valence-electron chi connectivity index (χ3n) is 1.43. The van der Waals surface area contributed by atoms with E-state index in [1.165, 1.54) is 11.3 Å². The molecule has 0 fully saturated rings. The van der Waals surface area contributed by atoms with Gasteiger partial charge in [-0.3, -0.25) is 0 Å². The van der Waals surface area contributed by atoms with Crippen molar-refractivity contribution in [2.45, 2.75) is 5.75 Å². The van der Waals surface area contributed by atoms with Gasteiger partial charge in [0.05, 0.1) is 0 Å². The fourth-order valence-corrected chi connectivity index (χ4v) is 1.77. The molecule has 0 spiro atoms. The van der Waals surface area contributed by atoms with E-state index in [-0.39, 0.29) is 0 Å². The number of fused-ring (bicyclic) bond motifs is 1. The molecule has 0 radical (unpaired) electrons. The smallest absolute Gasteiger partial charge is 0.0481 e. The lowest BCUT2D eigenvalue weighted by molar-refractivity contribution is 1.46. The molecule has 9 heavy (non-hydrogen) atoms. The van der Waals surface area contributed by atoms with Crippen LogP contribution in [0.1, 0.15) is 5.56 Å². The fourth-order valence-electron chi connectivity index (χ4n) is 0.937. The van der Waals surface area contributed by atoms with Gasteiger partial charge in [-0.25, -0.2) is 0 Å². The molecule has 0 saturated carbocycles. The quantitative estimate of drug-likeness (QED) is 0.550. The third-order valence-corrected chi connectivity index (χ3v) is 2.25. The zero-order chi connectivity index (χ0) is 6.10. The molecular weight excluding hydrogens is 130 g/mol. The van der Waals surface area contributed by atoms with Crippen LogP contribution in [0.4, 0.5) is 5.69 Å². The van der Waals surface area contributed by atoms with Crippen molar-refractivity contribution in [2.24, 2.45) is 0 Å². The molecule has 1 aliphatic rings. The Morgan fingerprint density at radius 2 is 2.22 bits per heavy atom. The van der Waals surface area contributed by atoms with Gasteiger partial charge in [-0.05, 0) is 23.6 Å². The number of para-hydroxylation sites is 1. The number of benzene rings is 1. The van der Waals surface area contributed by atoms with Crippen molar-refractivity contribution >= 4 is 17.6 Å². The van der Waals surface area contributed by atoms with E-state index in [4.69, 9.17) is 0 Å². The fraction of sp³-hybridized carbons (Fsp3) is 0.143. The van der Waals surface area contributed by atoms with Crippen molar-refractivity contribution < 1.29 is 0 Å². The van der Waals surface area contributed by atoms with Gasteiger partial charge in [-0.15, -0.1) is 0 Å². The molecule has 0 aliphatic carbocycles. The SMILES string of the molecule is c1ccc2c(c1)CSN2. The van der Waals surface area contributed by atoms with Crippen LogP contribution in [0, 0.1) is 0 Å². The van der Waals surface area contributed by atoms with E-state index in [0.717, 1.165) is 5.75 Å². The second kappa shape index (κ2) is 1.95. The van der Waals surface area contributed by atoms with Gasteiger partial charge in [0, 0.05) is 11.4 Å². The van der Waals surface area contributed by atoms with E-state index in [1.54, 1.807) is 11.9 Å². The van der Waals surface area contributed by atoms with Crippen LogP contribution >= 0.6 is 11.9 Å². The Hall–Kier alpha value is -0.630. The van der Waals surface area contributed by atoms with Crippen LogP contribution in [0.15, 0.2) is 24.3 Å². The summed E-state index contributed by atoms with van der Waals surface area (Å²) in [6, 6.07) is 8.39. The highest BCUT2D eigenvalue weighted by atomic mass is 32.2. The predicted octanol–water partition coefficient (Wildman–Crippen LogP) is 2.26. The molecule has 0 bridgehead atoms. The van der Waals surface area contributed by atoms with E-state index < -0.39 is 0 Å². The Bertz CT molecular complexity index is 199. The average Bonchev–Trinajstić information content (AvgIpc) is 2.33. The van der Waals surface area contributed by atoms with E-state index in [9.17, 15) is 0 Å². The van der Waals surface area contributed by atoms with Crippen molar-refractivity contribution in [2.75, 3.05) is 4.72 Å². The Balaban J connectivity index is 2.54. The van der Waals surface area contributed by atoms with E-state index in [1.807, 2.05) is 0 Å². The molecule has 2 heteroatoms. The van der Waals surface area contributed by atoms with Gasteiger partial charge in [0.15, 0.2) is 0 Å². The van der Waals surface area contributed by atoms with Crippen LogP contribution in [0.5, 0.6) is 0 Å². The molecule has 1 heterocycles. The van der Waals surface area contributed by atoms with Crippen molar-refractivity contribution in [1.29, 1.82) is 0 Å². The van der Waals surface area contributed by atoms with Crippen LogP contribution in [0.25, 0.3) is 0 Å². The number of hydrogen-bond donors (Lipinski definition) is 1. The number of rotatable bonds is 0. The summed E-state index contributed by atoms with van der Waals surface area (Å²) in [4.78, 5) is 0. The first-order valence-electron chi connectivity index (χ1n) is 2.92. The molecule has 46 valence electrons. The first-order chi connectivity index (χ1) is 4.47. The predicted molar refractivity (Wildman–Crippen MR) is 41.4 cm³/mol. The molecule has 1 N–H and O–H groups in total. The molecule has 0 amide bonds. The molecular formula is C7H7NS. The number of hydrogen-bond acceptors (Lipinski definition) is 2. The maximum absolute atomic E-state index is 3.22. The van der Waals surface area contributed by atoms with Gasteiger partial charge in [0.2, 0.25) is 0 Å². The first kappa shape index (κ1) is 5.18. The molecule has 0 saturated heterocycles. The lowest BCUT2D eigenvalue weighted by Crippen LogP contribution is -1.76. The Kier molecular flexibility index (Phi) is 1.12. The Morgan fingerprint density at radius 1 is 1.33 bits per heavy atom. The minimum atomic E-state index is 1.11. The summed E-state index contributed by atoms with van der Waals surface area (Å²) in [7, 11) is 0. The van der Waals surface area contributed by atoms with Crippen molar-refractivity contribution in [3.8, 4) is 0 Å². The first-order valence-corrected chi connectivity index (χ1v) is 3.91. The summed E-state index contributed by atoms with van der Waals surface area (Å²) in [6.07, 6.45) is 0. The number of nitrogens with one attached hydrogen (secondary N) is 1. The lowest BCUT2D eigenvalue weighted by atomic mass is 10.2. The molecule has 1 aliphatic heterocycles. The molecule has 1 aromatic carbocycles. The highest BCUT2D eigenvalue weighted by Gasteiger charge is 2.06. The van der Waals surface area contributed by atoms with Crippen molar-refractivity contribution in [3.63, 3.8) is 0 Å². The molecule has 1 aromatic rings. The minimum Gasteiger partial charge on any atom is -0.329 e. The lowest BCUT2D eigenvalue weighted by Gasteiger charge is -1.92. The van der Waals surface area contributed by atoms with Crippen LogP contribution < -0.4 is 4.72 Å². The van der Waals surface area contributed by atoms with E-state index in [0.29, 0.717) is 0 Å². The summed E-state index contributed by atoms with van der Waals surface area (Å²) in [5.74, 6) is 1.11. The van der Waals surface area contributed by atoms with Gasteiger partial charge in [-0.2, -0.15) is 0 Å².